The molecule has 0 unspecified atom stereocenters. The smallest absolute Gasteiger partial charge is 0.368 e. The van der Waals surface area contributed by atoms with E-state index in [4.69, 9.17) is 4.74 Å². The number of aromatic nitrogens is 2. The number of fused-ring (bicyclic) bond motifs is 1. The van der Waals surface area contributed by atoms with Crippen LogP contribution < -0.4 is 5.32 Å². The summed E-state index contributed by atoms with van der Waals surface area (Å²) in [6, 6.07) is 0. The van der Waals surface area contributed by atoms with Gasteiger partial charge in [0, 0.05) is 25.3 Å². The molecule has 0 spiro atoms. The Morgan fingerprint density at radius 3 is 2.47 bits per heavy atom. The number of ether oxygens (including phenoxy) is 1. The third-order valence-electron chi connectivity index (χ3n) is 3.00. The zero-order valence-electron chi connectivity index (χ0n) is 11.1. The normalized spacial score (nSPS) is 15.7. The highest BCUT2D eigenvalue weighted by molar-refractivity contribution is 5.32. The number of nitrogens with one attached hydrogen (secondary N) is 1. The van der Waals surface area contributed by atoms with Crippen molar-refractivity contribution in [2.45, 2.75) is 45.6 Å². The summed E-state index contributed by atoms with van der Waals surface area (Å²) in [4.78, 5) is 7.92. The molecule has 106 valence electrons. The van der Waals surface area contributed by atoms with Gasteiger partial charge in [-0.25, -0.2) is 9.97 Å². The van der Waals surface area contributed by atoms with Crippen molar-refractivity contribution in [3.8, 4) is 0 Å². The summed E-state index contributed by atoms with van der Waals surface area (Å²) < 4.78 is 44.5. The van der Waals surface area contributed by atoms with Gasteiger partial charge in [0.1, 0.15) is 5.60 Å². The number of hydrogen-bond acceptors (Lipinski definition) is 4. The molecule has 1 aliphatic rings. The van der Waals surface area contributed by atoms with Gasteiger partial charge in [0.15, 0.2) is 11.5 Å². The van der Waals surface area contributed by atoms with Crippen LogP contribution in [0.3, 0.4) is 0 Å². The Kier molecular flexibility index (Phi) is 3.53. The number of rotatable bonds is 3. The minimum Gasteiger partial charge on any atom is -0.368 e. The third kappa shape index (κ3) is 2.71. The first-order valence-corrected chi connectivity index (χ1v) is 6.08. The number of hydrogen-bond donors (Lipinski definition) is 1. The van der Waals surface area contributed by atoms with Crippen LogP contribution in [0.4, 0.5) is 13.2 Å². The molecule has 2 rings (SSSR count). The second kappa shape index (κ2) is 4.72. The van der Waals surface area contributed by atoms with Crippen molar-refractivity contribution in [2.24, 2.45) is 0 Å². The first-order valence-electron chi connectivity index (χ1n) is 6.08. The van der Waals surface area contributed by atoms with E-state index in [-0.39, 0.29) is 17.9 Å². The van der Waals surface area contributed by atoms with E-state index < -0.39 is 17.5 Å². The summed E-state index contributed by atoms with van der Waals surface area (Å²) in [6.07, 6.45) is -4.48. The first kappa shape index (κ1) is 14.2. The molecule has 1 aromatic heterocycles. The summed E-state index contributed by atoms with van der Waals surface area (Å²) in [5.41, 5.74) is -1.24. The minimum atomic E-state index is -4.48. The summed E-state index contributed by atoms with van der Waals surface area (Å²) in [7, 11) is 0. The lowest BCUT2D eigenvalue weighted by molar-refractivity contribution is -0.142. The van der Waals surface area contributed by atoms with Crippen molar-refractivity contribution in [2.75, 3.05) is 6.61 Å². The predicted molar refractivity (Wildman–Crippen MR) is 62.2 cm³/mol. The number of alkyl halides is 3. The molecular weight excluding hydrogens is 259 g/mol. The van der Waals surface area contributed by atoms with E-state index in [0.717, 1.165) is 0 Å². The molecule has 7 heteroatoms. The molecule has 0 aromatic carbocycles. The van der Waals surface area contributed by atoms with E-state index in [0.29, 0.717) is 18.8 Å². The molecule has 0 bridgehead atoms. The summed E-state index contributed by atoms with van der Waals surface area (Å²) in [5.74, 6) is 0.0733. The zero-order chi connectivity index (χ0) is 14.3. The lowest BCUT2D eigenvalue weighted by Gasteiger charge is -2.24. The Balaban J connectivity index is 2.54. The van der Waals surface area contributed by atoms with Crippen molar-refractivity contribution in [1.82, 2.24) is 15.3 Å². The molecule has 0 radical (unpaired) electrons. The molecule has 0 atom stereocenters. The van der Waals surface area contributed by atoms with Crippen LogP contribution in [0, 0.1) is 0 Å². The van der Waals surface area contributed by atoms with Gasteiger partial charge in [0.05, 0.1) is 5.69 Å². The van der Waals surface area contributed by atoms with Crippen LogP contribution >= 0.6 is 0 Å². The molecule has 0 aliphatic carbocycles. The van der Waals surface area contributed by atoms with Gasteiger partial charge >= 0.3 is 6.18 Å². The van der Waals surface area contributed by atoms with E-state index in [9.17, 15) is 13.2 Å². The van der Waals surface area contributed by atoms with Gasteiger partial charge in [-0.2, -0.15) is 13.2 Å². The van der Waals surface area contributed by atoms with Crippen LogP contribution in [-0.2, 0) is 29.6 Å². The molecule has 0 saturated carbocycles. The highest BCUT2D eigenvalue weighted by Gasteiger charge is 2.40. The van der Waals surface area contributed by atoms with Gasteiger partial charge in [0.25, 0.3) is 0 Å². The van der Waals surface area contributed by atoms with Crippen LogP contribution in [0.15, 0.2) is 0 Å². The summed E-state index contributed by atoms with van der Waals surface area (Å²) in [5, 5.41) is 2.87. The molecule has 0 fully saturated rings. The van der Waals surface area contributed by atoms with Gasteiger partial charge < -0.3 is 10.1 Å². The molecule has 0 amide bonds. The number of nitrogens with zero attached hydrogens (tertiary/aromatic N) is 2. The van der Waals surface area contributed by atoms with E-state index in [2.05, 4.69) is 15.3 Å². The van der Waals surface area contributed by atoms with E-state index in [1.165, 1.54) is 0 Å². The fourth-order valence-corrected chi connectivity index (χ4v) is 2.10. The van der Waals surface area contributed by atoms with Crippen LogP contribution in [0.5, 0.6) is 0 Å². The molecule has 0 saturated heterocycles. The highest BCUT2D eigenvalue weighted by atomic mass is 19.4. The average molecular weight is 275 g/mol. The summed E-state index contributed by atoms with van der Waals surface area (Å²) >= 11 is 0. The van der Waals surface area contributed by atoms with Crippen LogP contribution in [-0.4, -0.2) is 16.6 Å². The van der Waals surface area contributed by atoms with E-state index >= 15 is 0 Å². The maximum absolute atomic E-state index is 13.0. The third-order valence-corrected chi connectivity index (χ3v) is 3.00. The number of halogens is 3. The highest BCUT2D eigenvalue weighted by Crippen LogP contribution is 2.35. The average Bonchev–Trinajstić information content (AvgIpc) is 2.73. The molecule has 1 aliphatic heterocycles. The van der Waals surface area contributed by atoms with Crippen LogP contribution in [0.1, 0.15) is 43.5 Å². The SMILES string of the molecule is CCOC(C)(C)c1nc2c(c(C(F)(F)F)n1)CNC2. The molecule has 19 heavy (non-hydrogen) atoms. The lowest BCUT2D eigenvalue weighted by atomic mass is 10.1. The molecular formula is C12H16F3N3O. The predicted octanol–water partition coefficient (Wildman–Crippen LogP) is 2.37. The minimum absolute atomic E-state index is 0.0733. The molecule has 4 nitrogen and oxygen atoms in total. The van der Waals surface area contributed by atoms with Gasteiger partial charge in [-0.15, -0.1) is 0 Å². The van der Waals surface area contributed by atoms with Crippen LogP contribution in [0.2, 0.25) is 0 Å². The van der Waals surface area contributed by atoms with Crippen molar-refractivity contribution >= 4 is 0 Å². The Bertz CT molecular complexity index is 486. The standard InChI is InChI=1S/C12H16F3N3O/c1-4-19-11(2,3)10-17-8-6-16-5-7(8)9(18-10)12(13,14)15/h16H,4-6H2,1-3H3. The Hall–Kier alpha value is -1.21. The zero-order valence-corrected chi connectivity index (χ0v) is 11.1. The lowest BCUT2D eigenvalue weighted by Crippen LogP contribution is -2.27. The van der Waals surface area contributed by atoms with Gasteiger partial charge in [0.2, 0.25) is 0 Å². The van der Waals surface area contributed by atoms with Crippen molar-refractivity contribution in [1.29, 1.82) is 0 Å². The maximum Gasteiger partial charge on any atom is 0.433 e. The van der Waals surface area contributed by atoms with Crippen molar-refractivity contribution < 1.29 is 17.9 Å². The molecule has 1 aromatic rings. The second-order valence-electron chi connectivity index (χ2n) is 4.87. The van der Waals surface area contributed by atoms with Crippen molar-refractivity contribution in [3.63, 3.8) is 0 Å². The Morgan fingerprint density at radius 2 is 1.89 bits per heavy atom. The fourth-order valence-electron chi connectivity index (χ4n) is 2.10. The second-order valence-corrected chi connectivity index (χ2v) is 4.87. The quantitative estimate of drug-likeness (QED) is 0.920. The summed E-state index contributed by atoms with van der Waals surface area (Å²) in [6.45, 7) is 5.98. The van der Waals surface area contributed by atoms with Gasteiger partial charge in [-0.05, 0) is 20.8 Å². The van der Waals surface area contributed by atoms with E-state index in [1.807, 2.05) is 0 Å². The Morgan fingerprint density at radius 1 is 1.21 bits per heavy atom. The maximum atomic E-state index is 13.0. The largest absolute Gasteiger partial charge is 0.433 e. The molecule has 1 N–H and O–H groups in total. The van der Waals surface area contributed by atoms with Crippen LogP contribution in [0.25, 0.3) is 0 Å². The fraction of sp³-hybridized carbons (Fsp3) is 0.667. The monoisotopic (exact) mass is 275 g/mol. The van der Waals surface area contributed by atoms with E-state index in [1.54, 1.807) is 20.8 Å². The topological polar surface area (TPSA) is 47.0 Å². The van der Waals surface area contributed by atoms with Gasteiger partial charge in [-0.3, -0.25) is 0 Å². The first-order chi connectivity index (χ1) is 8.75. The Labute approximate surface area is 109 Å². The van der Waals surface area contributed by atoms with Gasteiger partial charge in [-0.1, -0.05) is 0 Å². The molecule has 2 heterocycles. The van der Waals surface area contributed by atoms with Crippen molar-refractivity contribution in [3.05, 3.63) is 22.8 Å².